The Morgan fingerprint density at radius 3 is 2.25 bits per heavy atom. The Morgan fingerprint density at radius 2 is 1.61 bits per heavy atom. The molecule has 2 aliphatic heterocycles. The normalized spacial score (nSPS) is 23.4. The Morgan fingerprint density at radius 1 is 0.964 bits per heavy atom. The van der Waals surface area contributed by atoms with Crippen LogP contribution in [-0.2, 0) is 19.9 Å². The monoisotopic (exact) mass is 379 g/mol. The molecule has 0 amide bonds. The number of ether oxygens (including phenoxy) is 3. The number of hydrogen-bond donors (Lipinski definition) is 0. The molecule has 146 valence electrons. The van der Waals surface area contributed by atoms with Gasteiger partial charge in [-0.1, -0.05) is 36.8 Å². The van der Waals surface area contributed by atoms with Crippen molar-refractivity contribution in [2.75, 3.05) is 27.3 Å². The van der Waals surface area contributed by atoms with Crippen LogP contribution in [0.5, 0.6) is 0 Å². The number of carbonyl (C=O) groups is 1. The number of esters is 1. The first kappa shape index (κ1) is 18.6. The second kappa shape index (κ2) is 7.68. The van der Waals surface area contributed by atoms with Gasteiger partial charge in [0.1, 0.15) is 0 Å². The van der Waals surface area contributed by atoms with Crippen molar-refractivity contribution in [1.82, 2.24) is 4.90 Å². The second-order valence-electron chi connectivity index (χ2n) is 7.18. The minimum absolute atomic E-state index is 0.306. The van der Waals surface area contributed by atoms with Crippen LogP contribution in [0.4, 0.5) is 0 Å². The Labute approximate surface area is 164 Å². The van der Waals surface area contributed by atoms with Gasteiger partial charge in [-0.3, -0.25) is 4.90 Å². The average Bonchev–Trinajstić information content (AvgIpc) is 3.03. The van der Waals surface area contributed by atoms with Gasteiger partial charge in [-0.25, -0.2) is 4.79 Å². The van der Waals surface area contributed by atoms with Crippen molar-refractivity contribution in [3.63, 3.8) is 0 Å². The molecule has 1 atom stereocenters. The third-order valence-electron chi connectivity index (χ3n) is 5.50. The van der Waals surface area contributed by atoms with E-state index in [1.807, 2.05) is 42.5 Å². The average molecular weight is 379 g/mol. The minimum Gasteiger partial charge on any atom is -0.504 e. The van der Waals surface area contributed by atoms with E-state index in [1.54, 1.807) is 26.7 Å². The number of hydrogen-bond acceptors (Lipinski definition) is 5. The Bertz CT molecular complexity index is 980. The molecular formula is C23H25NO4. The molecule has 5 nitrogen and oxygen atoms in total. The summed E-state index contributed by atoms with van der Waals surface area (Å²) < 4.78 is 16.7. The van der Waals surface area contributed by atoms with Crippen LogP contribution in [0, 0.1) is 0 Å². The lowest BCUT2D eigenvalue weighted by atomic mass is 9.89. The summed E-state index contributed by atoms with van der Waals surface area (Å²) in [6, 6.07) is 13.9. The van der Waals surface area contributed by atoms with Crippen LogP contribution in [0.1, 0.15) is 40.7 Å². The standard InChI is InChI=1S/C23H25NO4/c1-26-15-17-13-20-21(14-18(17)16-27-2)23(28-22(20)25,19-9-5-3-6-10-19)24-11-7-4-8-12-24/h3,5-6,9-10,13-16H,4,7-8,11-12H2,1-2H3. The second-order valence-corrected chi connectivity index (χ2v) is 7.18. The van der Waals surface area contributed by atoms with E-state index in [0.29, 0.717) is 5.56 Å². The van der Waals surface area contributed by atoms with Crippen molar-refractivity contribution in [3.8, 4) is 0 Å². The zero-order chi connectivity index (χ0) is 19.6. The zero-order valence-electron chi connectivity index (χ0n) is 16.3. The van der Waals surface area contributed by atoms with Crippen molar-refractivity contribution in [3.05, 3.63) is 69.6 Å². The van der Waals surface area contributed by atoms with E-state index >= 15 is 0 Å². The molecule has 0 spiro atoms. The molecule has 1 fully saturated rings. The molecule has 5 heteroatoms. The van der Waals surface area contributed by atoms with Gasteiger partial charge in [0.15, 0.2) is 0 Å². The van der Waals surface area contributed by atoms with Crippen molar-refractivity contribution in [1.29, 1.82) is 0 Å². The molecule has 2 aromatic carbocycles. The maximum absolute atomic E-state index is 13.0. The predicted molar refractivity (Wildman–Crippen MR) is 107 cm³/mol. The smallest absolute Gasteiger partial charge is 0.340 e. The van der Waals surface area contributed by atoms with E-state index in [0.717, 1.165) is 47.5 Å². The summed E-state index contributed by atoms with van der Waals surface area (Å²) in [7, 11) is 3.20. The fourth-order valence-corrected chi connectivity index (χ4v) is 4.29. The van der Waals surface area contributed by atoms with Gasteiger partial charge < -0.3 is 14.2 Å². The maximum atomic E-state index is 13.0. The van der Waals surface area contributed by atoms with Crippen LogP contribution < -0.4 is 10.4 Å². The summed E-state index contributed by atoms with van der Waals surface area (Å²) in [5.41, 5.74) is 1.50. The molecule has 0 aliphatic carbocycles. The number of piperidine rings is 1. The van der Waals surface area contributed by atoms with Crippen LogP contribution in [0.3, 0.4) is 0 Å². The number of benzene rings is 2. The van der Waals surface area contributed by atoms with Crippen LogP contribution in [0.2, 0.25) is 0 Å². The molecule has 0 bridgehead atoms. The highest BCUT2D eigenvalue weighted by Gasteiger charge is 2.51. The van der Waals surface area contributed by atoms with Gasteiger partial charge in [-0.05, 0) is 25.0 Å². The summed E-state index contributed by atoms with van der Waals surface area (Å²) in [6.45, 7) is 1.77. The molecule has 4 rings (SSSR count). The first-order chi connectivity index (χ1) is 13.7. The minimum atomic E-state index is -0.907. The molecule has 1 saturated heterocycles. The van der Waals surface area contributed by atoms with E-state index in [1.165, 1.54) is 6.42 Å². The van der Waals surface area contributed by atoms with E-state index in [4.69, 9.17) is 14.2 Å². The number of cyclic esters (lactones) is 1. The number of fused-ring (bicyclic) bond motifs is 1. The summed E-state index contributed by atoms with van der Waals surface area (Å²) in [6.07, 6.45) is 6.66. The third-order valence-corrected chi connectivity index (χ3v) is 5.50. The van der Waals surface area contributed by atoms with E-state index in [2.05, 4.69) is 4.90 Å². The first-order valence-electron chi connectivity index (χ1n) is 9.65. The van der Waals surface area contributed by atoms with Gasteiger partial charge >= 0.3 is 5.97 Å². The largest absolute Gasteiger partial charge is 0.504 e. The number of nitrogens with zero attached hydrogens (tertiary/aromatic N) is 1. The molecule has 0 aromatic heterocycles. The topological polar surface area (TPSA) is 48.0 Å². The first-order valence-corrected chi connectivity index (χ1v) is 9.65. The van der Waals surface area contributed by atoms with Crippen LogP contribution in [0.15, 0.2) is 42.5 Å². The number of carbonyl (C=O) groups excluding carboxylic acids is 1. The predicted octanol–water partition coefficient (Wildman–Crippen LogP) is 2.31. The molecule has 1 unspecified atom stereocenters. The summed E-state index contributed by atoms with van der Waals surface area (Å²) in [5.74, 6) is -0.306. The number of likely N-dealkylation sites (tertiary alicyclic amines) is 1. The van der Waals surface area contributed by atoms with Crippen molar-refractivity contribution >= 4 is 18.5 Å². The van der Waals surface area contributed by atoms with Crippen molar-refractivity contribution in [2.45, 2.75) is 25.0 Å². The quantitative estimate of drug-likeness (QED) is 0.763. The molecule has 0 N–H and O–H groups in total. The number of rotatable bonds is 4. The molecule has 2 aliphatic rings. The molecule has 28 heavy (non-hydrogen) atoms. The van der Waals surface area contributed by atoms with E-state index in [-0.39, 0.29) is 5.97 Å². The fourth-order valence-electron chi connectivity index (χ4n) is 4.29. The van der Waals surface area contributed by atoms with Crippen LogP contribution >= 0.6 is 0 Å². The van der Waals surface area contributed by atoms with Crippen LogP contribution in [-0.4, -0.2) is 38.2 Å². The van der Waals surface area contributed by atoms with Crippen molar-refractivity contribution in [2.24, 2.45) is 0 Å². The zero-order valence-corrected chi connectivity index (χ0v) is 16.3. The lowest BCUT2D eigenvalue weighted by molar-refractivity contribution is -0.0923. The highest BCUT2D eigenvalue weighted by molar-refractivity contribution is 5.95. The molecule has 2 aromatic rings. The van der Waals surface area contributed by atoms with Gasteiger partial charge in [0.25, 0.3) is 0 Å². The van der Waals surface area contributed by atoms with Gasteiger partial charge in [-0.2, -0.15) is 0 Å². The highest BCUT2D eigenvalue weighted by Crippen LogP contribution is 2.44. The Kier molecular flexibility index (Phi) is 5.09. The molecule has 0 radical (unpaired) electrons. The van der Waals surface area contributed by atoms with Gasteiger partial charge in [-0.15, -0.1) is 0 Å². The molecule has 0 saturated carbocycles. The SMILES string of the molecule is COC=c1cc2c(cc1=COC)C(c1ccccc1)(N1CCCCC1)OC2=O. The van der Waals surface area contributed by atoms with E-state index < -0.39 is 5.72 Å². The maximum Gasteiger partial charge on any atom is 0.340 e. The Balaban J connectivity index is 2.01. The molecule has 2 heterocycles. The lowest BCUT2D eigenvalue weighted by Gasteiger charge is -2.42. The lowest BCUT2D eigenvalue weighted by Crippen LogP contribution is -2.50. The fraction of sp³-hybridized carbons (Fsp3) is 0.348. The van der Waals surface area contributed by atoms with E-state index in [9.17, 15) is 4.79 Å². The van der Waals surface area contributed by atoms with Gasteiger partial charge in [0.05, 0.1) is 32.3 Å². The summed E-state index contributed by atoms with van der Waals surface area (Å²) >= 11 is 0. The number of methoxy groups -OCH3 is 2. The van der Waals surface area contributed by atoms with Gasteiger partial charge in [0, 0.05) is 34.7 Å². The van der Waals surface area contributed by atoms with Crippen molar-refractivity contribution < 1.29 is 19.0 Å². The Hall–Kier alpha value is -2.79. The summed E-state index contributed by atoms with van der Waals surface area (Å²) in [5, 5.41) is 1.63. The molecular weight excluding hydrogens is 354 g/mol. The third kappa shape index (κ3) is 2.96. The van der Waals surface area contributed by atoms with Gasteiger partial charge in [0.2, 0.25) is 5.72 Å². The van der Waals surface area contributed by atoms with Crippen LogP contribution in [0.25, 0.3) is 12.5 Å². The summed E-state index contributed by atoms with van der Waals surface area (Å²) in [4.78, 5) is 15.3. The highest BCUT2D eigenvalue weighted by atomic mass is 16.6.